The minimum absolute atomic E-state index is 0.144. The van der Waals surface area contributed by atoms with Gasteiger partial charge in [-0.15, -0.1) is 11.3 Å². The van der Waals surface area contributed by atoms with Crippen LogP contribution in [0.2, 0.25) is 0 Å². The minimum atomic E-state index is -4.06. The van der Waals surface area contributed by atoms with Crippen LogP contribution < -0.4 is 4.89 Å². The molecule has 0 aliphatic heterocycles. The lowest BCUT2D eigenvalue weighted by atomic mass is 10.2. The van der Waals surface area contributed by atoms with Gasteiger partial charge in [0.1, 0.15) is 9.77 Å². The van der Waals surface area contributed by atoms with E-state index in [9.17, 15) is 18.3 Å². The number of carboxylic acid groups (broad SMARTS) is 1. The molecule has 0 spiro atoms. The normalized spacial score (nSPS) is 12.1. The summed E-state index contributed by atoms with van der Waals surface area (Å²) in [5.41, 5.74) is 0. The Morgan fingerprint density at radius 3 is 2.67 bits per heavy atom. The fraction of sp³-hybridized carbons (Fsp3) is 0.308. The summed E-state index contributed by atoms with van der Waals surface area (Å²) in [7, 11) is -4.06. The average Bonchev–Trinajstić information content (AvgIpc) is 2.78. The lowest BCUT2D eigenvalue weighted by Gasteiger charge is -2.09. The molecule has 1 heterocycles. The highest BCUT2D eigenvalue weighted by molar-refractivity contribution is 7.89. The molecular weight excluding hydrogens is 314 g/mol. The number of sulfonamides is 1. The van der Waals surface area contributed by atoms with Crippen LogP contribution in [0.15, 0.2) is 29.2 Å². The number of rotatable bonds is 6. The molecule has 1 aromatic heterocycles. The topological polar surface area (TPSA) is 92.7 Å². The van der Waals surface area contributed by atoms with Gasteiger partial charge in [-0.3, -0.25) is 4.84 Å². The van der Waals surface area contributed by atoms with Crippen LogP contribution in [0.4, 0.5) is 0 Å². The first kappa shape index (κ1) is 15.9. The molecule has 0 amide bonds. The second-order valence-corrected chi connectivity index (χ2v) is 7.49. The molecule has 8 heteroatoms. The molecule has 0 bridgehead atoms. The number of benzene rings is 1. The fourth-order valence-corrected chi connectivity index (χ4v) is 4.31. The quantitative estimate of drug-likeness (QED) is 0.794. The van der Waals surface area contributed by atoms with Gasteiger partial charge in [0.25, 0.3) is 10.0 Å². The summed E-state index contributed by atoms with van der Waals surface area (Å²) in [5, 5.41) is 9.60. The van der Waals surface area contributed by atoms with Crippen molar-refractivity contribution in [3.8, 4) is 0 Å². The maximum absolute atomic E-state index is 12.3. The molecule has 2 aromatic rings. The van der Waals surface area contributed by atoms with Gasteiger partial charge in [-0.25, -0.2) is 13.2 Å². The molecule has 0 aliphatic rings. The van der Waals surface area contributed by atoms with Crippen LogP contribution >= 0.6 is 11.3 Å². The van der Waals surface area contributed by atoms with E-state index in [4.69, 9.17) is 4.84 Å². The number of aromatic carboxylic acids is 1. The van der Waals surface area contributed by atoms with Crippen molar-refractivity contribution in [1.29, 1.82) is 0 Å². The Bertz CT molecular complexity index is 764. The molecule has 1 aromatic carbocycles. The van der Waals surface area contributed by atoms with E-state index in [2.05, 4.69) is 0 Å². The van der Waals surface area contributed by atoms with Gasteiger partial charge in [0.05, 0.1) is 6.61 Å². The van der Waals surface area contributed by atoms with Crippen molar-refractivity contribution < 1.29 is 23.2 Å². The van der Waals surface area contributed by atoms with Crippen LogP contribution in [0.25, 0.3) is 10.1 Å². The van der Waals surface area contributed by atoms with Crippen LogP contribution in [0, 0.1) is 5.92 Å². The molecule has 21 heavy (non-hydrogen) atoms. The molecule has 0 fully saturated rings. The fourth-order valence-electron chi connectivity index (χ4n) is 1.75. The molecule has 6 nitrogen and oxygen atoms in total. The third-order valence-corrected chi connectivity index (χ3v) is 5.18. The van der Waals surface area contributed by atoms with Gasteiger partial charge < -0.3 is 5.11 Å². The molecule has 0 saturated carbocycles. The predicted octanol–water partition coefficient (Wildman–Crippen LogP) is 2.47. The van der Waals surface area contributed by atoms with Crippen molar-refractivity contribution in [2.24, 2.45) is 5.92 Å². The van der Waals surface area contributed by atoms with Gasteiger partial charge >= 0.3 is 5.97 Å². The Morgan fingerprint density at radius 1 is 1.38 bits per heavy atom. The zero-order valence-electron chi connectivity index (χ0n) is 11.5. The Balaban J connectivity index is 2.48. The number of hydrogen-bond donors (Lipinski definition) is 2. The monoisotopic (exact) mass is 329 g/mol. The lowest BCUT2D eigenvalue weighted by Crippen LogP contribution is -2.26. The standard InChI is InChI=1S/C13H15NO5S2/c1-8(2)7-19-14-21(17,18)12-9-5-3-4-6-10(9)20-11(12)13(15)16/h3-6,8,14H,7H2,1-2H3,(H,15,16). The summed E-state index contributed by atoms with van der Waals surface area (Å²) >= 11 is 0.924. The SMILES string of the molecule is CC(C)CONS(=O)(=O)c1c(C(=O)O)sc2ccccc12. The van der Waals surface area contributed by atoms with Gasteiger partial charge in [-0.1, -0.05) is 36.9 Å². The summed E-state index contributed by atoms with van der Waals surface area (Å²) < 4.78 is 25.2. The van der Waals surface area contributed by atoms with Crippen LogP contribution in [0.1, 0.15) is 23.5 Å². The first-order valence-corrected chi connectivity index (χ1v) is 8.51. The van der Waals surface area contributed by atoms with E-state index in [1.807, 2.05) is 18.7 Å². The smallest absolute Gasteiger partial charge is 0.347 e. The van der Waals surface area contributed by atoms with Crippen LogP contribution in [-0.2, 0) is 14.9 Å². The highest BCUT2D eigenvalue weighted by atomic mass is 32.2. The molecule has 0 radical (unpaired) electrons. The molecule has 2 N–H and O–H groups in total. The zero-order valence-corrected chi connectivity index (χ0v) is 13.1. The van der Waals surface area contributed by atoms with Crippen molar-refractivity contribution in [3.63, 3.8) is 0 Å². The predicted molar refractivity (Wildman–Crippen MR) is 79.9 cm³/mol. The summed E-state index contributed by atoms with van der Waals surface area (Å²) in [6.07, 6.45) is 0. The van der Waals surface area contributed by atoms with E-state index in [0.29, 0.717) is 10.1 Å². The third-order valence-electron chi connectivity index (χ3n) is 2.60. The molecule has 114 valence electrons. The maximum atomic E-state index is 12.3. The van der Waals surface area contributed by atoms with E-state index in [-0.39, 0.29) is 22.3 Å². The van der Waals surface area contributed by atoms with E-state index in [1.54, 1.807) is 24.3 Å². The second-order valence-electron chi connectivity index (χ2n) is 4.85. The number of hydrogen-bond acceptors (Lipinski definition) is 5. The lowest BCUT2D eigenvalue weighted by molar-refractivity contribution is 0.0689. The highest BCUT2D eigenvalue weighted by Crippen LogP contribution is 2.34. The van der Waals surface area contributed by atoms with E-state index in [1.165, 1.54) is 0 Å². The summed E-state index contributed by atoms with van der Waals surface area (Å²) in [5.74, 6) is -1.13. The molecule has 2 rings (SSSR count). The van der Waals surface area contributed by atoms with Crippen molar-refractivity contribution in [2.45, 2.75) is 18.7 Å². The van der Waals surface area contributed by atoms with Crippen molar-refractivity contribution >= 4 is 37.4 Å². The largest absolute Gasteiger partial charge is 0.477 e. The third kappa shape index (κ3) is 3.41. The number of carbonyl (C=O) groups is 1. The average molecular weight is 329 g/mol. The van der Waals surface area contributed by atoms with E-state index < -0.39 is 16.0 Å². The number of thiophene rings is 1. The Morgan fingerprint density at radius 2 is 2.05 bits per heavy atom. The van der Waals surface area contributed by atoms with Crippen LogP contribution in [0.3, 0.4) is 0 Å². The molecule has 0 aliphatic carbocycles. The first-order valence-electron chi connectivity index (χ1n) is 6.21. The Kier molecular flexibility index (Phi) is 4.62. The summed E-state index contributed by atoms with van der Waals surface area (Å²) in [4.78, 5) is 17.8. The molecule has 0 atom stereocenters. The first-order chi connectivity index (χ1) is 9.83. The molecule has 0 unspecified atom stereocenters. The minimum Gasteiger partial charge on any atom is -0.477 e. The molecular formula is C13H15NO5S2. The van der Waals surface area contributed by atoms with Crippen molar-refractivity contribution in [1.82, 2.24) is 4.89 Å². The summed E-state index contributed by atoms with van der Waals surface area (Å²) in [6.45, 7) is 3.94. The van der Waals surface area contributed by atoms with Gasteiger partial charge in [0, 0.05) is 10.1 Å². The Hall–Kier alpha value is -1.48. The van der Waals surface area contributed by atoms with Crippen molar-refractivity contribution in [2.75, 3.05) is 6.61 Å². The van der Waals surface area contributed by atoms with Gasteiger partial charge in [0.2, 0.25) is 0 Å². The van der Waals surface area contributed by atoms with E-state index in [0.717, 1.165) is 11.3 Å². The van der Waals surface area contributed by atoms with Crippen LogP contribution in [0.5, 0.6) is 0 Å². The van der Waals surface area contributed by atoms with Gasteiger partial charge in [-0.2, -0.15) is 0 Å². The van der Waals surface area contributed by atoms with Crippen molar-refractivity contribution in [3.05, 3.63) is 29.1 Å². The highest BCUT2D eigenvalue weighted by Gasteiger charge is 2.28. The number of fused-ring (bicyclic) bond motifs is 1. The number of nitrogens with one attached hydrogen (secondary N) is 1. The van der Waals surface area contributed by atoms with Gasteiger partial charge in [-0.05, 0) is 12.0 Å². The zero-order chi connectivity index (χ0) is 15.6. The number of carboxylic acids is 1. The second kappa shape index (κ2) is 6.10. The van der Waals surface area contributed by atoms with Gasteiger partial charge in [0.15, 0.2) is 0 Å². The molecule has 0 saturated heterocycles. The van der Waals surface area contributed by atoms with E-state index >= 15 is 0 Å². The Labute approximate surface area is 126 Å². The summed E-state index contributed by atoms with van der Waals surface area (Å²) in [6, 6.07) is 6.65. The maximum Gasteiger partial charge on any atom is 0.347 e. The van der Waals surface area contributed by atoms with Crippen LogP contribution in [-0.4, -0.2) is 26.1 Å².